The van der Waals surface area contributed by atoms with Gasteiger partial charge in [-0.1, -0.05) is 6.92 Å². The lowest BCUT2D eigenvalue weighted by molar-refractivity contribution is -0.144. The van der Waals surface area contributed by atoms with Gasteiger partial charge in [0.25, 0.3) is 0 Å². The summed E-state index contributed by atoms with van der Waals surface area (Å²) in [7, 11) is 4.04. The van der Waals surface area contributed by atoms with Crippen LogP contribution in [0.15, 0.2) is 0 Å². The van der Waals surface area contributed by atoms with Crippen LogP contribution in [0.2, 0.25) is 0 Å². The van der Waals surface area contributed by atoms with Crippen LogP contribution in [0.4, 0.5) is 4.79 Å². The highest BCUT2D eigenvalue weighted by Gasteiger charge is 2.38. The van der Waals surface area contributed by atoms with Crippen molar-refractivity contribution in [3.63, 3.8) is 0 Å². The summed E-state index contributed by atoms with van der Waals surface area (Å²) < 4.78 is 0. The number of likely N-dealkylation sites (tertiary alicyclic amines) is 1. The molecule has 0 bridgehead atoms. The Balaban J connectivity index is 2.36. The normalized spacial score (nSPS) is 16.9. The summed E-state index contributed by atoms with van der Waals surface area (Å²) in [5, 5.41) is 8.95. The number of carbonyl (C=O) groups excluding carboxylic acids is 1. The second-order valence-corrected chi connectivity index (χ2v) is 5.81. The molecule has 0 aromatic carbocycles. The molecule has 1 rings (SSSR count). The molecule has 1 aliphatic rings. The lowest BCUT2D eigenvalue weighted by Crippen LogP contribution is -2.57. The lowest BCUT2D eigenvalue weighted by Gasteiger charge is -2.43. The van der Waals surface area contributed by atoms with Gasteiger partial charge >= 0.3 is 12.0 Å². The van der Waals surface area contributed by atoms with Gasteiger partial charge in [0.05, 0.1) is 5.92 Å². The highest BCUT2D eigenvalue weighted by atomic mass is 16.4. The van der Waals surface area contributed by atoms with Crippen molar-refractivity contribution < 1.29 is 14.7 Å². The van der Waals surface area contributed by atoms with E-state index >= 15 is 0 Å². The van der Waals surface area contributed by atoms with E-state index in [0.29, 0.717) is 19.6 Å². The summed E-state index contributed by atoms with van der Waals surface area (Å²) >= 11 is 0. The number of nitrogens with zero attached hydrogens (tertiary/aromatic N) is 3. The molecule has 0 aromatic rings. The van der Waals surface area contributed by atoms with Gasteiger partial charge in [0.2, 0.25) is 0 Å². The molecule has 1 atom stereocenters. The molecule has 20 heavy (non-hydrogen) atoms. The number of hydrogen-bond acceptors (Lipinski definition) is 3. The van der Waals surface area contributed by atoms with Crippen LogP contribution in [-0.4, -0.2) is 78.6 Å². The van der Waals surface area contributed by atoms with E-state index in [0.717, 1.165) is 19.5 Å². The first-order valence-electron chi connectivity index (χ1n) is 7.28. The Morgan fingerprint density at radius 1 is 1.30 bits per heavy atom. The van der Waals surface area contributed by atoms with E-state index in [2.05, 4.69) is 4.90 Å². The average Bonchev–Trinajstić information content (AvgIpc) is 2.31. The van der Waals surface area contributed by atoms with Crippen LogP contribution in [0.5, 0.6) is 0 Å². The van der Waals surface area contributed by atoms with Gasteiger partial charge in [0, 0.05) is 32.1 Å². The van der Waals surface area contributed by atoms with Crippen molar-refractivity contribution in [1.29, 1.82) is 0 Å². The molecule has 1 N–H and O–H groups in total. The van der Waals surface area contributed by atoms with Crippen molar-refractivity contribution in [2.75, 3.05) is 46.8 Å². The second kappa shape index (κ2) is 7.47. The number of aliphatic carboxylic acids is 1. The minimum atomic E-state index is -0.777. The van der Waals surface area contributed by atoms with E-state index in [4.69, 9.17) is 5.11 Å². The van der Waals surface area contributed by atoms with Crippen LogP contribution in [0.25, 0.3) is 0 Å². The molecule has 6 nitrogen and oxygen atoms in total. The smallest absolute Gasteiger partial charge is 0.320 e. The zero-order chi connectivity index (χ0) is 15.3. The molecule has 6 heteroatoms. The van der Waals surface area contributed by atoms with E-state index in [1.165, 1.54) is 0 Å². The summed E-state index contributed by atoms with van der Waals surface area (Å²) in [6, 6.07) is 0.0418. The monoisotopic (exact) mass is 285 g/mol. The van der Waals surface area contributed by atoms with E-state index in [1.54, 1.807) is 11.8 Å². The summed E-state index contributed by atoms with van der Waals surface area (Å²) in [5.41, 5.74) is 0. The molecule has 1 saturated heterocycles. The van der Waals surface area contributed by atoms with Crippen LogP contribution in [0.1, 0.15) is 20.3 Å². The minimum Gasteiger partial charge on any atom is -0.481 e. The lowest BCUT2D eigenvalue weighted by atomic mass is 9.87. The van der Waals surface area contributed by atoms with Gasteiger partial charge < -0.3 is 19.8 Å². The van der Waals surface area contributed by atoms with Crippen LogP contribution in [-0.2, 0) is 4.79 Å². The Hall–Kier alpha value is -1.30. The summed E-state index contributed by atoms with van der Waals surface area (Å²) in [5.74, 6) is -1.06. The van der Waals surface area contributed by atoms with Gasteiger partial charge in [-0.3, -0.25) is 4.79 Å². The zero-order valence-electron chi connectivity index (χ0n) is 13.0. The van der Waals surface area contributed by atoms with E-state index < -0.39 is 5.97 Å². The van der Waals surface area contributed by atoms with Crippen molar-refractivity contribution in [2.24, 2.45) is 11.8 Å². The van der Waals surface area contributed by atoms with Crippen LogP contribution < -0.4 is 0 Å². The van der Waals surface area contributed by atoms with Gasteiger partial charge in [-0.05, 0) is 34.0 Å². The largest absolute Gasteiger partial charge is 0.481 e. The maximum Gasteiger partial charge on any atom is 0.320 e. The molecule has 1 unspecified atom stereocenters. The van der Waals surface area contributed by atoms with E-state index in [-0.39, 0.29) is 17.9 Å². The number of hydrogen-bond donors (Lipinski definition) is 1. The molecule has 0 spiro atoms. The predicted octanol–water partition coefficient (Wildman–Crippen LogP) is 1.03. The van der Waals surface area contributed by atoms with Crippen molar-refractivity contribution in [3.05, 3.63) is 0 Å². The number of carbonyl (C=O) groups is 2. The molecule has 116 valence electrons. The first-order valence-corrected chi connectivity index (χ1v) is 7.28. The molecule has 1 heterocycles. The molecular formula is C14H27N3O3. The summed E-state index contributed by atoms with van der Waals surface area (Å²) in [6.45, 7) is 7.23. The predicted molar refractivity (Wildman–Crippen MR) is 77.7 cm³/mol. The first-order chi connectivity index (χ1) is 9.36. The molecule has 0 aliphatic carbocycles. The average molecular weight is 285 g/mol. The number of carboxylic acids is 1. The van der Waals surface area contributed by atoms with Crippen molar-refractivity contribution >= 4 is 12.0 Å². The number of rotatable bonds is 7. The Kier molecular flexibility index (Phi) is 6.26. The maximum absolute atomic E-state index is 12.3. The van der Waals surface area contributed by atoms with Gasteiger partial charge in [0.15, 0.2) is 0 Å². The van der Waals surface area contributed by atoms with Gasteiger partial charge in [0.1, 0.15) is 0 Å². The van der Waals surface area contributed by atoms with Crippen molar-refractivity contribution in [2.45, 2.75) is 20.3 Å². The van der Waals surface area contributed by atoms with E-state index in [1.807, 2.05) is 25.9 Å². The number of urea groups is 1. The third-order valence-electron chi connectivity index (χ3n) is 3.96. The minimum absolute atomic E-state index is 0.0418. The van der Waals surface area contributed by atoms with Gasteiger partial charge in [-0.25, -0.2) is 4.79 Å². The Labute approximate surface area is 121 Å². The maximum atomic E-state index is 12.3. The quantitative estimate of drug-likeness (QED) is 0.759. The van der Waals surface area contributed by atoms with Crippen LogP contribution >= 0.6 is 0 Å². The highest BCUT2D eigenvalue weighted by Crippen LogP contribution is 2.25. The fourth-order valence-corrected chi connectivity index (χ4v) is 2.35. The molecule has 0 saturated carbocycles. The van der Waals surface area contributed by atoms with Crippen molar-refractivity contribution in [3.8, 4) is 0 Å². The Morgan fingerprint density at radius 3 is 2.35 bits per heavy atom. The van der Waals surface area contributed by atoms with Gasteiger partial charge in [-0.15, -0.1) is 0 Å². The third-order valence-corrected chi connectivity index (χ3v) is 3.96. The molecule has 1 aliphatic heterocycles. The van der Waals surface area contributed by atoms with Crippen LogP contribution in [0, 0.1) is 11.8 Å². The Morgan fingerprint density at radius 2 is 1.90 bits per heavy atom. The van der Waals surface area contributed by atoms with Crippen molar-refractivity contribution in [1.82, 2.24) is 14.7 Å². The third kappa shape index (κ3) is 4.37. The SMILES string of the molecule is CCN(CCCN(C)C)C(=O)N1CC(C(C)C(=O)O)C1. The molecule has 0 aromatic heterocycles. The fourth-order valence-electron chi connectivity index (χ4n) is 2.35. The van der Waals surface area contributed by atoms with E-state index in [9.17, 15) is 9.59 Å². The number of amides is 2. The van der Waals surface area contributed by atoms with Gasteiger partial charge in [-0.2, -0.15) is 0 Å². The topological polar surface area (TPSA) is 64.1 Å². The first kappa shape index (κ1) is 16.8. The second-order valence-electron chi connectivity index (χ2n) is 5.81. The molecule has 2 amide bonds. The number of carboxylic acid groups (broad SMARTS) is 1. The zero-order valence-corrected chi connectivity index (χ0v) is 13.0. The Bertz CT molecular complexity index is 341. The summed E-state index contributed by atoms with van der Waals surface area (Å²) in [6.07, 6.45) is 0.954. The van der Waals surface area contributed by atoms with Crippen LogP contribution in [0.3, 0.4) is 0 Å². The molecule has 0 radical (unpaired) electrons. The standard InChI is InChI=1S/C14H27N3O3/c1-5-16(8-6-7-15(3)4)14(20)17-9-12(10-17)11(2)13(18)19/h11-12H,5-10H2,1-4H3,(H,18,19). The molecular weight excluding hydrogens is 258 g/mol. The molecule has 1 fully saturated rings. The summed E-state index contributed by atoms with van der Waals surface area (Å²) in [4.78, 5) is 28.8. The fraction of sp³-hybridized carbons (Fsp3) is 0.857. The highest BCUT2D eigenvalue weighted by molar-refractivity contribution is 5.76.